The molecule has 1 atom stereocenters. The zero-order valence-electron chi connectivity index (χ0n) is 15.0. The van der Waals surface area contributed by atoms with Gasteiger partial charge in [-0.2, -0.15) is 5.10 Å². The van der Waals surface area contributed by atoms with Gasteiger partial charge in [-0.05, 0) is 24.6 Å². The molecule has 9 heteroatoms. The highest BCUT2D eigenvalue weighted by Crippen LogP contribution is 2.28. The van der Waals surface area contributed by atoms with Crippen LogP contribution < -0.4 is 4.90 Å². The number of aromatic nitrogens is 3. The summed E-state index contributed by atoms with van der Waals surface area (Å²) in [6.45, 7) is 4.08. The highest BCUT2D eigenvalue weighted by molar-refractivity contribution is 6.29. The molecule has 2 aromatic rings. The van der Waals surface area contributed by atoms with Gasteiger partial charge in [0.2, 0.25) is 5.91 Å². The number of halogens is 1. The second kappa shape index (κ2) is 7.28. The smallest absolute Gasteiger partial charge is 0.253 e. The van der Waals surface area contributed by atoms with E-state index in [9.17, 15) is 9.59 Å². The van der Waals surface area contributed by atoms with Crippen molar-refractivity contribution >= 4 is 29.1 Å². The van der Waals surface area contributed by atoms with E-state index in [1.54, 1.807) is 29.4 Å². The first kappa shape index (κ1) is 17.9. The van der Waals surface area contributed by atoms with Crippen molar-refractivity contribution in [3.63, 3.8) is 0 Å². The van der Waals surface area contributed by atoms with Crippen LogP contribution >= 0.6 is 11.6 Å². The molecule has 2 aliphatic rings. The Balaban J connectivity index is 1.55. The number of hydrogen-bond donors (Lipinski definition) is 0. The predicted molar refractivity (Wildman–Crippen MR) is 98.4 cm³/mol. The van der Waals surface area contributed by atoms with Gasteiger partial charge in [-0.3, -0.25) is 14.3 Å². The van der Waals surface area contributed by atoms with Crippen LogP contribution in [0.1, 0.15) is 18.2 Å². The van der Waals surface area contributed by atoms with E-state index in [2.05, 4.69) is 10.1 Å². The normalized spacial score (nSPS) is 19.9. The average molecular weight is 390 g/mol. The summed E-state index contributed by atoms with van der Waals surface area (Å²) in [5.41, 5.74) is 2.47. The van der Waals surface area contributed by atoms with Crippen molar-refractivity contribution in [2.75, 3.05) is 24.7 Å². The zero-order valence-corrected chi connectivity index (χ0v) is 15.7. The SMILES string of the molecule is C[C@H]1Cn2ncc(N3CCOCC3=O)c2CN1C(=O)Cc1ccnc(Cl)c1. The number of fused-ring (bicyclic) bond motifs is 1. The van der Waals surface area contributed by atoms with Gasteiger partial charge in [0, 0.05) is 18.8 Å². The molecule has 0 bridgehead atoms. The van der Waals surface area contributed by atoms with Gasteiger partial charge in [-0.15, -0.1) is 0 Å². The van der Waals surface area contributed by atoms with Crippen molar-refractivity contribution in [2.45, 2.75) is 32.5 Å². The van der Waals surface area contributed by atoms with Gasteiger partial charge in [0.25, 0.3) is 5.91 Å². The van der Waals surface area contributed by atoms with E-state index >= 15 is 0 Å². The molecule has 1 fully saturated rings. The Labute approximate surface area is 161 Å². The lowest BCUT2D eigenvalue weighted by molar-refractivity contribution is -0.134. The van der Waals surface area contributed by atoms with Crippen molar-refractivity contribution in [3.8, 4) is 0 Å². The van der Waals surface area contributed by atoms with Crippen LogP contribution in [0.5, 0.6) is 0 Å². The fourth-order valence-electron chi connectivity index (χ4n) is 3.55. The maximum Gasteiger partial charge on any atom is 0.253 e. The summed E-state index contributed by atoms with van der Waals surface area (Å²) in [5.74, 6) is -0.0727. The van der Waals surface area contributed by atoms with Crippen LogP contribution in [0.4, 0.5) is 5.69 Å². The summed E-state index contributed by atoms with van der Waals surface area (Å²) in [6, 6.07) is 3.51. The van der Waals surface area contributed by atoms with Gasteiger partial charge in [-0.25, -0.2) is 4.98 Å². The maximum absolute atomic E-state index is 12.9. The highest BCUT2D eigenvalue weighted by Gasteiger charge is 2.32. The lowest BCUT2D eigenvalue weighted by atomic mass is 10.1. The largest absolute Gasteiger partial charge is 0.370 e. The Kier molecular flexibility index (Phi) is 4.84. The van der Waals surface area contributed by atoms with Crippen LogP contribution in [-0.4, -0.2) is 57.3 Å². The molecular weight excluding hydrogens is 370 g/mol. The third kappa shape index (κ3) is 3.54. The maximum atomic E-state index is 12.9. The van der Waals surface area contributed by atoms with E-state index in [1.807, 2.05) is 16.5 Å². The molecule has 0 spiro atoms. The van der Waals surface area contributed by atoms with Crippen LogP contribution in [0.2, 0.25) is 5.15 Å². The van der Waals surface area contributed by atoms with Gasteiger partial charge >= 0.3 is 0 Å². The summed E-state index contributed by atoms with van der Waals surface area (Å²) < 4.78 is 7.09. The standard InChI is InChI=1S/C18H20ClN5O3/c1-12-9-24-15(14(8-21-24)22-4-5-27-11-18(22)26)10-23(12)17(25)7-13-2-3-20-16(19)6-13/h2-3,6,8,12H,4-5,7,9-11H2,1H3/t12-/m0/s1. The molecule has 2 aliphatic heterocycles. The first-order valence-corrected chi connectivity index (χ1v) is 9.23. The molecule has 0 radical (unpaired) electrons. The van der Waals surface area contributed by atoms with E-state index < -0.39 is 0 Å². The molecule has 0 aromatic carbocycles. The summed E-state index contributed by atoms with van der Waals surface area (Å²) in [6.07, 6.45) is 3.57. The van der Waals surface area contributed by atoms with Crippen LogP contribution in [0.15, 0.2) is 24.5 Å². The number of anilines is 1. The molecule has 2 amide bonds. The van der Waals surface area contributed by atoms with Gasteiger partial charge < -0.3 is 14.5 Å². The summed E-state index contributed by atoms with van der Waals surface area (Å²) >= 11 is 5.92. The second-order valence-electron chi connectivity index (χ2n) is 6.79. The van der Waals surface area contributed by atoms with Gasteiger partial charge in [0.15, 0.2) is 0 Å². The predicted octanol–water partition coefficient (Wildman–Crippen LogP) is 1.27. The second-order valence-corrected chi connectivity index (χ2v) is 7.18. The lowest BCUT2D eigenvalue weighted by Crippen LogP contribution is -2.47. The summed E-state index contributed by atoms with van der Waals surface area (Å²) in [7, 11) is 0. The molecule has 27 heavy (non-hydrogen) atoms. The summed E-state index contributed by atoms with van der Waals surface area (Å²) in [5, 5.41) is 4.80. The van der Waals surface area contributed by atoms with E-state index in [0.717, 1.165) is 16.9 Å². The fourth-order valence-corrected chi connectivity index (χ4v) is 3.74. The first-order valence-electron chi connectivity index (χ1n) is 8.85. The van der Waals surface area contributed by atoms with E-state index in [0.29, 0.717) is 31.4 Å². The Morgan fingerprint density at radius 1 is 1.44 bits per heavy atom. The Hall–Kier alpha value is -2.45. The molecule has 0 unspecified atom stereocenters. The number of pyridine rings is 1. The number of ether oxygens (including phenoxy) is 1. The minimum atomic E-state index is -0.0834. The average Bonchev–Trinajstić information content (AvgIpc) is 3.04. The Morgan fingerprint density at radius 2 is 2.30 bits per heavy atom. The number of amides is 2. The van der Waals surface area contributed by atoms with Crippen molar-refractivity contribution in [1.82, 2.24) is 19.7 Å². The molecule has 1 saturated heterocycles. The van der Waals surface area contributed by atoms with E-state index in [1.165, 1.54) is 0 Å². The molecule has 0 N–H and O–H groups in total. The fraction of sp³-hybridized carbons (Fsp3) is 0.444. The third-order valence-corrected chi connectivity index (χ3v) is 5.17. The molecular formula is C18H20ClN5O3. The number of morpholine rings is 1. The highest BCUT2D eigenvalue weighted by atomic mass is 35.5. The van der Waals surface area contributed by atoms with Crippen molar-refractivity contribution in [3.05, 3.63) is 40.9 Å². The van der Waals surface area contributed by atoms with Crippen molar-refractivity contribution in [1.29, 1.82) is 0 Å². The van der Waals surface area contributed by atoms with Crippen LogP contribution in [0, 0.1) is 0 Å². The monoisotopic (exact) mass is 389 g/mol. The molecule has 0 aliphatic carbocycles. The number of nitrogens with zero attached hydrogens (tertiary/aromatic N) is 5. The first-order chi connectivity index (χ1) is 13.0. The number of hydrogen-bond acceptors (Lipinski definition) is 5. The molecule has 0 saturated carbocycles. The van der Waals surface area contributed by atoms with E-state index in [-0.39, 0.29) is 30.9 Å². The number of carbonyl (C=O) groups excluding carboxylic acids is 2. The quantitative estimate of drug-likeness (QED) is 0.738. The zero-order chi connectivity index (χ0) is 19.0. The third-order valence-electron chi connectivity index (χ3n) is 4.96. The van der Waals surface area contributed by atoms with Crippen molar-refractivity contribution < 1.29 is 14.3 Å². The molecule has 4 rings (SSSR count). The molecule has 2 aromatic heterocycles. The Morgan fingerprint density at radius 3 is 3.07 bits per heavy atom. The molecule has 8 nitrogen and oxygen atoms in total. The van der Waals surface area contributed by atoms with Gasteiger partial charge in [0.1, 0.15) is 11.8 Å². The van der Waals surface area contributed by atoms with Crippen LogP contribution in [0.25, 0.3) is 0 Å². The number of carbonyl (C=O) groups is 2. The van der Waals surface area contributed by atoms with E-state index in [4.69, 9.17) is 16.3 Å². The lowest BCUT2D eigenvalue weighted by Gasteiger charge is -2.36. The molecule has 4 heterocycles. The topological polar surface area (TPSA) is 80.6 Å². The minimum absolute atomic E-state index is 0.00968. The van der Waals surface area contributed by atoms with Gasteiger partial charge in [0.05, 0.1) is 43.7 Å². The van der Waals surface area contributed by atoms with Crippen LogP contribution in [0.3, 0.4) is 0 Å². The van der Waals surface area contributed by atoms with Gasteiger partial charge in [-0.1, -0.05) is 11.6 Å². The minimum Gasteiger partial charge on any atom is -0.370 e. The Bertz CT molecular complexity index is 884. The summed E-state index contributed by atoms with van der Waals surface area (Å²) in [4.78, 5) is 32.6. The van der Waals surface area contributed by atoms with Crippen LogP contribution in [-0.2, 0) is 33.8 Å². The molecule has 142 valence electrons. The van der Waals surface area contributed by atoms with Crippen molar-refractivity contribution in [2.24, 2.45) is 0 Å². The number of rotatable bonds is 3.